The fourth-order valence-electron chi connectivity index (χ4n) is 0.619. The highest BCUT2D eigenvalue weighted by atomic mass is 16.7. The van der Waals surface area contributed by atoms with Crippen LogP contribution >= 0.6 is 0 Å². The zero-order valence-corrected chi connectivity index (χ0v) is 4.87. The SMILES string of the molecule is O=C(CO)C1OCCO1. The van der Waals surface area contributed by atoms with Crippen molar-refractivity contribution in [3.63, 3.8) is 0 Å². The maximum absolute atomic E-state index is 10.5. The standard InChI is InChI=1S/C5H8O4/c6-3-4(7)5-8-1-2-9-5/h5-6H,1-3H2. The summed E-state index contributed by atoms with van der Waals surface area (Å²) in [5.41, 5.74) is 0. The Bertz CT molecular complexity index is 106. The van der Waals surface area contributed by atoms with E-state index in [0.29, 0.717) is 13.2 Å². The molecule has 9 heavy (non-hydrogen) atoms. The van der Waals surface area contributed by atoms with E-state index in [-0.39, 0.29) is 0 Å². The molecule has 0 aromatic heterocycles. The van der Waals surface area contributed by atoms with Crippen LogP contribution in [0.1, 0.15) is 0 Å². The lowest BCUT2D eigenvalue weighted by molar-refractivity contribution is -0.147. The first-order valence-corrected chi connectivity index (χ1v) is 2.71. The summed E-state index contributed by atoms with van der Waals surface area (Å²) < 4.78 is 9.55. The van der Waals surface area contributed by atoms with Gasteiger partial charge in [-0.15, -0.1) is 0 Å². The third kappa shape index (κ3) is 1.48. The Hall–Kier alpha value is -0.450. The second kappa shape index (κ2) is 2.91. The van der Waals surface area contributed by atoms with Gasteiger partial charge in [-0.1, -0.05) is 0 Å². The van der Waals surface area contributed by atoms with Crippen molar-refractivity contribution in [3.8, 4) is 0 Å². The predicted molar refractivity (Wildman–Crippen MR) is 27.8 cm³/mol. The third-order valence-corrected chi connectivity index (χ3v) is 1.04. The van der Waals surface area contributed by atoms with Gasteiger partial charge in [0, 0.05) is 0 Å². The topological polar surface area (TPSA) is 55.8 Å². The number of carbonyl (C=O) groups excluding carboxylic acids is 1. The summed E-state index contributed by atoms with van der Waals surface area (Å²) in [7, 11) is 0. The third-order valence-electron chi connectivity index (χ3n) is 1.04. The van der Waals surface area contributed by atoms with E-state index >= 15 is 0 Å². The van der Waals surface area contributed by atoms with E-state index in [1.54, 1.807) is 0 Å². The lowest BCUT2D eigenvalue weighted by atomic mass is 10.4. The summed E-state index contributed by atoms with van der Waals surface area (Å²) in [5, 5.41) is 8.29. The molecule has 0 aromatic carbocycles. The maximum atomic E-state index is 10.5. The van der Waals surface area contributed by atoms with Gasteiger partial charge in [-0.2, -0.15) is 0 Å². The molecule has 0 spiro atoms. The van der Waals surface area contributed by atoms with Crippen LogP contribution in [0.2, 0.25) is 0 Å². The molecule has 0 unspecified atom stereocenters. The molecular formula is C5H8O4. The summed E-state index contributed by atoms with van der Waals surface area (Å²) in [6.45, 7) is 0.372. The van der Waals surface area contributed by atoms with E-state index in [0.717, 1.165) is 0 Å². The summed E-state index contributed by atoms with van der Waals surface area (Å²) >= 11 is 0. The fraction of sp³-hybridized carbons (Fsp3) is 0.800. The number of rotatable bonds is 2. The van der Waals surface area contributed by atoms with E-state index in [4.69, 9.17) is 14.6 Å². The van der Waals surface area contributed by atoms with Crippen molar-refractivity contribution < 1.29 is 19.4 Å². The van der Waals surface area contributed by atoms with E-state index in [1.165, 1.54) is 0 Å². The Balaban J connectivity index is 2.32. The molecule has 0 aliphatic carbocycles. The first kappa shape index (κ1) is 6.67. The number of aliphatic hydroxyl groups excluding tert-OH is 1. The minimum Gasteiger partial charge on any atom is -0.388 e. The summed E-state index contributed by atoms with van der Waals surface area (Å²) in [4.78, 5) is 10.5. The Kier molecular flexibility index (Phi) is 2.16. The fourth-order valence-corrected chi connectivity index (χ4v) is 0.619. The average molecular weight is 132 g/mol. The highest BCUT2D eigenvalue weighted by Gasteiger charge is 2.22. The lowest BCUT2D eigenvalue weighted by Gasteiger charge is -2.02. The highest BCUT2D eigenvalue weighted by Crippen LogP contribution is 2.03. The molecule has 0 amide bonds. The van der Waals surface area contributed by atoms with Crippen LogP contribution in [-0.2, 0) is 14.3 Å². The van der Waals surface area contributed by atoms with E-state index in [1.807, 2.05) is 0 Å². The smallest absolute Gasteiger partial charge is 0.220 e. The van der Waals surface area contributed by atoms with Crippen LogP contribution in [0.15, 0.2) is 0 Å². The molecule has 1 fully saturated rings. The number of Topliss-reactive ketones (excluding diaryl/α,β-unsaturated/α-hetero) is 1. The highest BCUT2D eigenvalue weighted by molar-refractivity contribution is 5.82. The molecule has 1 aliphatic heterocycles. The number of ether oxygens (including phenoxy) is 2. The van der Waals surface area contributed by atoms with E-state index < -0.39 is 18.7 Å². The van der Waals surface area contributed by atoms with Gasteiger partial charge < -0.3 is 14.6 Å². The molecular weight excluding hydrogens is 124 g/mol. The first-order chi connectivity index (χ1) is 4.34. The zero-order chi connectivity index (χ0) is 6.69. The Morgan fingerprint density at radius 2 is 2.11 bits per heavy atom. The normalized spacial score (nSPS) is 20.6. The maximum Gasteiger partial charge on any atom is 0.220 e. The molecule has 1 aliphatic rings. The molecule has 52 valence electrons. The molecule has 1 N–H and O–H groups in total. The van der Waals surface area contributed by atoms with Gasteiger partial charge in [0.1, 0.15) is 6.61 Å². The van der Waals surface area contributed by atoms with E-state index in [2.05, 4.69) is 0 Å². The molecule has 4 heteroatoms. The van der Waals surface area contributed by atoms with Crippen molar-refractivity contribution in [1.29, 1.82) is 0 Å². The van der Waals surface area contributed by atoms with Gasteiger partial charge in [0.05, 0.1) is 13.2 Å². The number of carbonyl (C=O) groups is 1. The minimum absolute atomic E-state index is 0.410. The monoisotopic (exact) mass is 132 g/mol. The second-order valence-corrected chi connectivity index (χ2v) is 1.70. The van der Waals surface area contributed by atoms with Crippen LogP contribution in [0.25, 0.3) is 0 Å². The molecule has 1 heterocycles. The number of ketones is 1. The molecule has 4 nitrogen and oxygen atoms in total. The minimum atomic E-state index is -0.810. The van der Waals surface area contributed by atoms with Gasteiger partial charge in [0.25, 0.3) is 0 Å². The quantitative estimate of drug-likeness (QED) is 0.519. The van der Waals surface area contributed by atoms with Crippen LogP contribution in [0.5, 0.6) is 0 Å². The van der Waals surface area contributed by atoms with Gasteiger partial charge in [-0.25, -0.2) is 0 Å². The number of hydrogen-bond acceptors (Lipinski definition) is 4. The van der Waals surface area contributed by atoms with Crippen molar-refractivity contribution in [3.05, 3.63) is 0 Å². The van der Waals surface area contributed by atoms with Gasteiger partial charge in [0.15, 0.2) is 0 Å². The van der Waals surface area contributed by atoms with Crippen molar-refractivity contribution in [2.45, 2.75) is 6.29 Å². The first-order valence-electron chi connectivity index (χ1n) is 2.71. The van der Waals surface area contributed by atoms with Crippen LogP contribution in [-0.4, -0.2) is 37.0 Å². The molecule has 0 atom stereocenters. The van der Waals surface area contributed by atoms with Crippen LogP contribution < -0.4 is 0 Å². The largest absolute Gasteiger partial charge is 0.388 e. The van der Waals surface area contributed by atoms with E-state index in [9.17, 15) is 4.79 Å². The Labute approximate surface area is 52.4 Å². The van der Waals surface area contributed by atoms with Gasteiger partial charge >= 0.3 is 0 Å². The van der Waals surface area contributed by atoms with Crippen molar-refractivity contribution in [2.24, 2.45) is 0 Å². The molecule has 1 saturated heterocycles. The molecule has 1 rings (SSSR count). The number of hydrogen-bond donors (Lipinski definition) is 1. The van der Waals surface area contributed by atoms with Crippen LogP contribution in [0.3, 0.4) is 0 Å². The molecule has 0 aromatic rings. The Morgan fingerprint density at radius 3 is 2.56 bits per heavy atom. The molecule has 0 radical (unpaired) electrons. The van der Waals surface area contributed by atoms with Crippen molar-refractivity contribution in [2.75, 3.05) is 19.8 Å². The lowest BCUT2D eigenvalue weighted by Crippen LogP contribution is -2.24. The Morgan fingerprint density at radius 1 is 1.56 bits per heavy atom. The zero-order valence-electron chi connectivity index (χ0n) is 4.87. The summed E-state index contributed by atoms with van der Waals surface area (Å²) in [6.07, 6.45) is -0.810. The number of aliphatic hydroxyl groups is 1. The van der Waals surface area contributed by atoms with Crippen LogP contribution in [0, 0.1) is 0 Å². The average Bonchev–Trinajstić information content (AvgIpc) is 2.37. The molecule has 0 saturated carbocycles. The van der Waals surface area contributed by atoms with Gasteiger partial charge in [-0.05, 0) is 0 Å². The molecule has 0 bridgehead atoms. The second-order valence-electron chi connectivity index (χ2n) is 1.70. The summed E-state index contributed by atoms with van der Waals surface area (Å²) in [6, 6.07) is 0. The summed E-state index contributed by atoms with van der Waals surface area (Å²) in [5.74, 6) is -0.410. The van der Waals surface area contributed by atoms with Crippen molar-refractivity contribution >= 4 is 5.78 Å². The van der Waals surface area contributed by atoms with Crippen molar-refractivity contribution in [1.82, 2.24) is 0 Å². The van der Waals surface area contributed by atoms with Gasteiger partial charge in [0.2, 0.25) is 12.1 Å². The predicted octanol–water partition coefficient (Wildman–Crippen LogP) is -1.08. The van der Waals surface area contributed by atoms with Crippen LogP contribution in [0.4, 0.5) is 0 Å². The van der Waals surface area contributed by atoms with Gasteiger partial charge in [-0.3, -0.25) is 4.79 Å².